The van der Waals surface area contributed by atoms with Gasteiger partial charge in [-0.2, -0.15) is 0 Å². The van der Waals surface area contributed by atoms with Crippen molar-refractivity contribution in [1.29, 1.82) is 0 Å². The Morgan fingerprint density at radius 2 is 1.78 bits per heavy atom. The molecule has 6 heteroatoms. The van der Waals surface area contributed by atoms with Gasteiger partial charge in [0.25, 0.3) is 11.8 Å². The lowest BCUT2D eigenvalue weighted by atomic mass is 10.1. The first-order valence-corrected chi connectivity index (χ1v) is 9.00. The SMILES string of the molecule is CCc1ccc(N2C(=O)NC(=O)/C(=C/c3cc(C)n(C(C)C)c3)C2=O)cc1. The quantitative estimate of drug-likeness (QED) is 0.665. The van der Waals surface area contributed by atoms with Gasteiger partial charge in [0.05, 0.1) is 5.69 Å². The highest BCUT2D eigenvalue weighted by Gasteiger charge is 2.36. The average Bonchev–Trinajstić information content (AvgIpc) is 3.00. The first-order valence-electron chi connectivity index (χ1n) is 9.00. The van der Waals surface area contributed by atoms with E-state index in [2.05, 4.69) is 23.7 Å². The Hall–Kier alpha value is -3.15. The fourth-order valence-electron chi connectivity index (χ4n) is 3.19. The van der Waals surface area contributed by atoms with E-state index in [1.54, 1.807) is 12.1 Å². The number of aromatic nitrogens is 1. The number of amides is 4. The van der Waals surface area contributed by atoms with Crippen molar-refractivity contribution in [3.05, 3.63) is 58.9 Å². The van der Waals surface area contributed by atoms with E-state index in [1.165, 1.54) is 6.08 Å². The van der Waals surface area contributed by atoms with Crippen molar-refractivity contribution in [3.8, 4) is 0 Å². The summed E-state index contributed by atoms with van der Waals surface area (Å²) in [7, 11) is 0. The Morgan fingerprint density at radius 3 is 2.33 bits per heavy atom. The van der Waals surface area contributed by atoms with Crippen molar-refractivity contribution < 1.29 is 14.4 Å². The molecule has 2 aromatic rings. The van der Waals surface area contributed by atoms with Crippen LogP contribution in [0, 0.1) is 6.92 Å². The van der Waals surface area contributed by atoms with E-state index in [0.29, 0.717) is 5.69 Å². The van der Waals surface area contributed by atoms with Gasteiger partial charge < -0.3 is 4.57 Å². The van der Waals surface area contributed by atoms with E-state index in [9.17, 15) is 14.4 Å². The van der Waals surface area contributed by atoms with Gasteiger partial charge in [0.1, 0.15) is 5.57 Å². The van der Waals surface area contributed by atoms with Crippen molar-refractivity contribution in [1.82, 2.24) is 9.88 Å². The van der Waals surface area contributed by atoms with Crippen LogP contribution in [0.4, 0.5) is 10.5 Å². The van der Waals surface area contributed by atoms with Crippen LogP contribution < -0.4 is 10.2 Å². The summed E-state index contributed by atoms with van der Waals surface area (Å²) in [4.78, 5) is 38.4. The molecule has 0 aliphatic carbocycles. The summed E-state index contributed by atoms with van der Waals surface area (Å²) in [5.74, 6) is -1.30. The van der Waals surface area contributed by atoms with E-state index in [1.807, 2.05) is 38.2 Å². The lowest BCUT2D eigenvalue weighted by molar-refractivity contribution is -0.122. The number of rotatable bonds is 4. The lowest BCUT2D eigenvalue weighted by Crippen LogP contribution is -2.54. The molecule has 27 heavy (non-hydrogen) atoms. The highest BCUT2D eigenvalue weighted by atomic mass is 16.2. The fraction of sp³-hybridized carbons (Fsp3) is 0.286. The molecule has 1 aliphatic heterocycles. The molecule has 1 aromatic carbocycles. The van der Waals surface area contributed by atoms with Crippen LogP contribution in [0.3, 0.4) is 0 Å². The number of aryl methyl sites for hydroxylation is 2. The van der Waals surface area contributed by atoms with Gasteiger partial charge in [0.2, 0.25) is 0 Å². The molecular formula is C21H23N3O3. The molecule has 0 radical (unpaired) electrons. The Kier molecular flexibility index (Phi) is 4.99. The van der Waals surface area contributed by atoms with Crippen LogP contribution in [-0.2, 0) is 16.0 Å². The minimum atomic E-state index is -0.734. The Bertz CT molecular complexity index is 936. The predicted octanol–water partition coefficient (Wildman–Crippen LogP) is 3.61. The van der Waals surface area contributed by atoms with Crippen LogP contribution >= 0.6 is 0 Å². The number of carbonyl (C=O) groups is 3. The van der Waals surface area contributed by atoms with Crippen LogP contribution in [0.2, 0.25) is 0 Å². The lowest BCUT2D eigenvalue weighted by Gasteiger charge is -2.26. The molecule has 0 spiro atoms. The summed E-state index contributed by atoms with van der Waals surface area (Å²) in [6.45, 7) is 8.11. The smallest absolute Gasteiger partial charge is 0.335 e. The molecule has 6 nitrogen and oxygen atoms in total. The number of nitrogens with zero attached hydrogens (tertiary/aromatic N) is 2. The third-order valence-electron chi connectivity index (χ3n) is 4.64. The molecule has 1 saturated heterocycles. The molecule has 0 unspecified atom stereocenters. The summed E-state index contributed by atoms with van der Waals surface area (Å²) < 4.78 is 2.06. The molecule has 2 heterocycles. The summed E-state index contributed by atoms with van der Waals surface area (Å²) in [5.41, 5.74) is 3.25. The molecule has 1 N–H and O–H groups in total. The fourth-order valence-corrected chi connectivity index (χ4v) is 3.19. The molecule has 4 amide bonds. The number of barbiturate groups is 1. The zero-order chi connectivity index (χ0) is 19.7. The van der Waals surface area contributed by atoms with Gasteiger partial charge in [-0.3, -0.25) is 14.9 Å². The van der Waals surface area contributed by atoms with Gasteiger partial charge in [0.15, 0.2) is 0 Å². The van der Waals surface area contributed by atoms with Crippen molar-refractivity contribution in [2.24, 2.45) is 0 Å². The van der Waals surface area contributed by atoms with E-state index in [0.717, 1.165) is 28.1 Å². The van der Waals surface area contributed by atoms with E-state index in [-0.39, 0.29) is 11.6 Å². The molecule has 3 rings (SSSR count). The number of anilines is 1. The maximum Gasteiger partial charge on any atom is 0.335 e. The minimum absolute atomic E-state index is 0.0601. The van der Waals surface area contributed by atoms with E-state index < -0.39 is 17.8 Å². The van der Waals surface area contributed by atoms with Gasteiger partial charge in [0, 0.05) is 17.9 Å². The van der Waals surface area contributed by atoms with Crippen LogP contribution in [0.15, 0.2) is 42.1 Å². The Morgan fingerprint density at radius 1 is 1.11 bits per heavy atom. The van der Waals surface area contributed by atoms with Crippen molar-refractivity contribution in [2.75, 3.05) is 4.90 Å². The number of hydrogen-bond donors (Lipinski definition) is 1. The third-order valence-corrected chi connectivity index (χ3v) is 4.64. The standard InChI is InChI=1S/C21H23N3O3/c1-5-15-6-8-17(9-7-15)24-20(26)18(19(25)22-21(24)27)11-16-10-14(4)23(12-16)13(2)3/h6-13H,5H2,1-4H3,(H,22,25,27)/b18-11-. The van der Waals surface area contributed by atoms with Gasteiger partial charge >= 0.3 is 6.03 Å². The second-order valence-electron chi connectivity index (χ2n) is 6.89. The molecule has 0 atom stereocenters. The van der Waals surface area contributed by atoms with Crippen molar-refractivity contribution in [2.45, 2.75) is 40.2 Å². The molecule has 0 saturated carbocycles. The molecule has 1 aromatic heterocycles. The highest BCUT2D eigenvalue weighted by molar-refractivity contribution is 6.39. The monoisotopic (exact) mass is 365 g/mol. The maximum atomic E-state index is 12.9. The summed E-state index contributed by atoms with van der Waals surface area (Å²) in [5, 5.41) is 2.25. The van der Waals surface area contributed by atoms with Crippen molar-refractivity contribution in [3.63, 3.8) is 0 Å². The first-order chi connectivity index (χ1) is 12.8. The predicted molar refractivity (Wildman–Crippen MR) is 104 cm³/mol. The second-order valence-corrected chi connectivity index (χ2v) is 6.89. The minimum Gasteiger partial charge on any atom is -0.349 e. The Labute approximate surface area is 158 Å². The first kappa shape index (κ1) is 18.6. The molecular weight excluding hydrogens is 342 g/mol. The highest BCUT2D eigenvalue weighted by Crippen LogP contribution is 2.23. The topological polar surface area (TPSA) is 71.4 Å². The normalized spacial score (nSPS) is 16.4. The van der Waals surface area contributed by atoms with Gasteiger partial charge in [-0.05, 0) is 62.6 Å². The third kappa shape index (κ3) is 3.56. The molecule has 1 aliphatic rings. The van der Waals surface area contributed by atoms with Crippen LogP contribution in [-0.4, -0.2) is 22.4 Å². The van der Waals surface area contributed by atoms with Gasteiger partial charge in [-0.25, -0.2) is 9.69 Å². The van der Waals surface area contributed by atoms with Crippen LogP contribution in [0.5, 0.6) is 0 Å². The molecule has 1 fully saturated rings. The molecule has 0 bridgehead atoms. The van der Waals surface area contributed by atoms with Crippen LogP contribution in [0.25, 0.3) is 6.08 Å². The molecule has 140 valence electrons. The van der Waals surface area contributed by atoms with Crippen LogP contribution in [0.1, 0.15) is 43.6 Å². The second kappa shape index (κ2) is 7.23. The summed E-state index contributed by atoms with van der Waals surface area (Å²) >= 11 is 0. The van der Waals surface area contributed by atoms with Crippen molar-refractivity contribution >= 4 is 29.6 Å². The number of benzene rings is 1. The zero-order valence-electron chi connectivity index (χ0n) is 15.9. The van der Waals surface area contributed by atoms with E-state index in [4.69, 9.17) is 0 Å². The number of carbonyl (C=O) groups excluding carboxylic acids is 3. The summed E-state index contributed by atoms with van der Waals surface area (Å²) in [6.07, 6.45) is 4.28. The zero-order valence-corrected chi connectivity index (χ0v) is 15.9. The number of hydrogen-bond acceptors (Lipinski definition) is 3. The van der Waals surface area contributed by atoms with Gasteiger partial charge in [-0.1, -0.05) is 19.1 Å². The Balaban J connectivity index is 1.98. The van der Waals surface area contributed by atoms with E-state index >= 15 is 0 Å². The maximum absolute atomic E-state index is 12.9. The van der Waals surface area contributed by atoms with Gasteiger partial charge in [-0.15, -0.1) is 0 Å². The largest absolute Gasteiger partial charge is 0.349 e. The number of nitrogens with one attached hydrogen (secondary N) is 1. The summed E-state index contributed by atoms with van der Waals surface area (Å²) in [6, 6.07) is 8.59. The average molecular weight is 365 g/mol. The number of imide groups is 2. The number of urea groups is 1.